The second kappa shape index (κ2) is 9.57. The van der Waals surface area contributed by atoms with Crippen LogP contribution in [0.3, 0.4) is 0 Å². The van der Waals surface area contributed by atoms with Gasteiger partial charge in [0, 0.05) is 23.5 Å². The Balaban J connectivity index is 1.85. The van der Waals surface area contributed by atoms with E-state index < -0.39 is 0 Å². The summed E-state index contributed by atoms with van der Waals surface area (Å²) in [6, 6.07) is 15.0. The van der Waals surface area contributed by atoms with E-state index in [2.05, 4.69) is 24.5 Å². The smallest absolute Gasteiger partial charge is 0.243 e. The van der Waals surface area contributed by atoms with Crippen molar-refractivity contribution in [2.24, 2.45) is 5.92 Å². The zero-order chi connectivity index (χ0) is 18.1. The average molecular weight is 342 g/mol. The molecule has 0 aromatic heterocycles. The van der Waals surface area contributed by atoms with Gasteiger partial charge in [-0.15, -0.1) is 0 Å². The Bertz CT molecular complexity index is 686. The zero-order valence-electron chi connectivity index (χ0n) is 15.0. The Hall–Kier alpha value is -2.69. The monoisotopic (exact) mass is 342 g/mol. The van der Waals surface area contributed by atoms with E-state index in [9.17, 15) is 4.79 Å². The van der Waals surface area contributed by atoms with Crippen LogP contribution in [0.25, 0.3) is 0 Å². The molecule has 1 amide bonds. The number of ether oxygens (including phenoxy) is 2. The number of carbonyl (C=O) groups is 1. The molecule has 5 heteroatoms. The summed E-state index contributed by atoms with van der Waals surface area (Å²) in [6.45, 7) is 7.56. The summed E-state index contributed by atoms with van der Waals surface area (Å²) in [4.78, 5) is 12.1. The maximum Gasteiger partial charge on any atom is 0.243 e. The van der Waals surface area contributed by atoms with Crippen molar-refractivity contribution in [3.8, 4) is 11.5 Å². The highest BCUT2D eigenvalue weighted by Gasteiger charge is 2.05. The Kier molecular flexibility index (Phi) is 7.14. The molecule has 2 aromatic rings. The van der Waals surface area contributed by atoms with E-state index >= 15 is 0 Å². The Labute approximate surface area is 149 Å². The average Bonchev–Trinajstić information content (AvgIpc) is 2.59. The minimum Gasteiger partial charge on any atom is -0.494 e. The third kappa shape index (κ3) is 6.75. The van der Waals surface area contributed by atoms with Crippen molar-refractivity contribution in [3.63, 3.8) is 0 Å². The molecule has 25 heavy (non-hydrogen) atoms. The molecule has 0 fully saturated rings. The predicted octanol–water partition coefficient (Wildman–Crippen LogP) is 4.17. The van der Waals surface area contributed by atoms with E-state index in [4.69, 9.17) is 9.47 Å². The molecule has 0 radical (unpaired) electrons. The van der Waals surface area contributed by atoms with E-state index in [0.29, 0.717) is 24.8 Å². The van der Waals surface area contributed by atoms with Crippen molar-refractivity contribution in [1.29, 1.82) is 0 Å². The van der Waals surface area contributed by atoms with Crippen LogP contribution >= 0.6 is 0 Å². The fourth-order valence-corrected chi connectivity index (χ4v) is 2.18. The maximum absolute atomic E-state index is 12.1. The molecule has 0 saturated heterocycles. The molecule has 134 valence electrons. The highest BCUT2D eigenvalue weighted by atomic mass is 16.5. The van der Waals surface area contributed by atoms with Gasteiger partial charge in [0.2, 0.25) is 5.91 Å². The first-order chi connectivity index (χ1) is 12.1. The van der Waals surface area contributed by atoms with Gasteiger partial charge in [-0.25, -0.2) is 0 Å². The number of amides is 1. The van der Waals surface area contributed by atoms with Gasteiger partial charge in [0.1, 0.15) is 11.5 Å². The van der Waals surface area contributed by atoms with Gasteiger partial charge in [-0.2, -0.15) is 0 Å². The summed E-state index contributed by atoms with van der Waals surface area (Å²) in [5.74, 6) is 1.88. The summed E-state index contributed by atoms with van der Waals surface area (Å²) in [5.41, 5.74) is 1.56. The molecular weight excluding hydrogens is 316 g/mol. The summed E-state index contributed by atoms with van der Waals surface area (Å²) in [6.07, 6.45) is 0. The number of hydrogen-bond acceptors (Lipinski definition) is 4. The molecular formula is C20H26N2O3. The molecule has 0 unspecified atom stereocenters. The van der Waals surface area contributed by atoms with Gasteiger partial charge in [-0.05, 0) is 37.1 Å². The second-order valence-corrected chi connectivity index (χ2v) is 6.10. The van der Waals surface area contributed by atoms with Gasteiger partial charge in [0.25, 0.3) is 0 Å². The first-order valence-electron chi connectivity index (χ1n) is 8.56. The van der Waals surface area contributed by atoms with Crippen molar-refractivity contribution in [1.82, 2.24) is 0 Å². The lowest BCUT2D eigenvalue weighted by Crippen LogP contribution is -2.21. The highest BCUT2D eigenvalue weighted by molar-refractivity contribution is 5.93. The fraction of sp³-hybridized carbons (Fsp3) is 0.350. The van der Waals surface area contributed by atoms with Gasteiger partial charge in [0.15, 0.2) is 0 Å². The van der Waals surface area contributed by atoms with Gasteiger partial charge >= 0.3 is 0 Å². The van der Waals surface area contributed by atoms with Crippen molar-refractivity contribution >= 4 is 17.3 Å². The number of benzene rings is 2. The molecule has 0 bridgehead atoms. The molecule has 2 rings (SSSR count). The van der Waals surface area contributed by atoms with Gasteiger partial charge < -0.3 is 20.1 Å². The van der Waals surface area contributed by atoms with Crippen molar-refractivity contribution in [2.75, 3.05) is 30.4 Å². The lowest BCUT2D eigenvalue weighted by molar-refractivity contribution is -0.114. The third-order valence-corrected chi connectivity index (χ3v) is 3.30. The van der Waals surface area contributed by atoms with E-state index in [1.165, 1.54) is 0 Å². The van der Waals surface area contributed by atoms with Crippen LogP contribution in [0.1, 0.15) is 20.8 Å². The van der Waals surface area contributed by atoms with E-state index in [1.54, 1.807) is 0 Å². The fourth-order valence-electron chi connectivity index (χ4n) is 2.18. The standard InChI is InChI=1S/C20H26N2O3/c1-4-24-18-9-6-8-17(12-18)22-20(23)13-21-16-7-5-10-19(11-16)25-14-15(2)3/h5-12,15,21H,4,13-14H2,1-3H3,(H,22,23). The molecule has 0 atom stereocenters. The minimum atomic E-state index is -0.123. The maximum atomic E-state index is 12.1. The van der Waals surface area contributed by atoms with Crippen molar-refractivity contribution in [3.05, 3.63) is 48.5 Å². The SMILES string of the molecule is CCOc1cccc(NC(=O)CNc2cccc(OCC(C)C)c2)c1. The summed E-state index contributed by atoms with van der Waals surface area (Å²) < 4.78 is 11.1. The van der Waals surface area contributed by atoms with Crippen LogP contribution in [0.5, 0.6) is 11.5 Å². The molecule has 0 heterocycles. The Morgan fingerprint density at radius 2 is 1.64 bits per heavy atom. The second-order valence-electron chi connectivity index (χ2n) is 6.10. The molecule has 0 spiro atoms. The molecule has 0 aliphatic heterocycles. The van der Waals surface area contributed by atoms with Crippen LogP contribution in [-0.4, -0.2) is 25.7 Å². The normalized spacial score (nSPS) is 10.4. The predicted molar refractivity (Wildman–Crippen MR) is 102 cm³/mol. The van der Waals surface area contributed by atoms with Crippen molar-refractivity contribution < 1.29 is 14.3 Å². The molecule has 0 aliphatic rings. The lowest BCUT2D eigenvalue weighted by atomic mass is 10.2. The Morgan fingerprint density at radius 3 is 2.32 bits per heavy atom. The molecule has 2 N–H and O–H groups in total. The lowest BCUT2D eigenvalue weighted by Gasteiger charge is -2.12. The quantitative estimate of drug-likeness (QED) is 0.718. The zero-order valence-corrected chi connectivity index (χ0v) is 15.0. The number of hydrogen-bond donors (Lipinski definition) is 2. The number of nitrogens with one attached hydrogen (secondary N) is 2. The van der Waals surface area contributed by atoms with E-state index in [-0.39, 0.29) is 12.5 Å². The topological polar surface area (TPSA) is 59.6 Å². The van der Waals surface area contributed by atoms with Crippen LogP contribution in [0.15, 0.2) is 48.5 Å². The van der Waals surface area contributed by atoms with Crippen molar-refractivity contribution in [2.45, 2.75) is 20.8 Å². The van der Waals surface area contributed by atoms with Crippen LogP contribution in [0.4, 0.5) is 11.4 Å². The van der Waals surface area contributed by atoms with Crippen LogP contribution in [0.2, 0.25) is 0 Å². The molecule has 5 nitrogen and oxygen atoms in total. The number of carbonyl (C=O) groups excluding carboxylic acids is 1. The largest absolute Gasteiger partial charge is 0.494 e. The van der Waals surface area contributed by atoms with Gasteiger partial charge in [0.05, 0.1) is 19.8 Å². The summed E-state index contributed by atoms with van der Waals surface area (Å²) in [7, 11) is 0. The molecule has 2 aromatic carbocycles. The van der Waals surface area contributed by atoms with Crippen LogP contribution in [-0.2, 0) is 4.79 Å². The van der Waals surface area contributed by atoms with Crippen LogP contribution < -0.4 is 20.1 Å². The summed E-state index contributed by atoms with van der Waals surface area (Å²) >= 11 is 0. The van der Waals surface area contributed by atoms with Crippen LogP contribution in [0, 0.1) is 5.92 Å². The molecule has 0 aliphatic carbocycles. The summed E-state index contributed by atoms with van der Waals surface area (Å²) in [5, 5.41) is 5.96. The molecule has 0 saturated carbocycles. The number of rotatable bonds is 9. The van der Waals surface area contributed by atoms with Gasteiger partial charge in [-0.1, -0.05) is 26.0 Å². The van der Waals surface area contributed by atoms with E-state index in [1.807, 2.05) is 55.5 Å². The highest BCUT2D eigenvalue weighted by Crippen LogP contribution is 2.19. The van der Waals surface area contributed by atoms with Gasteiger partial charge in [-0.3, -0.25) is 4.79 Å². The minimum absolute atomic E-state index is 0.123. The first kappa shape index (κ1) is 18.6. The Morgan fingerprint density at radius 1 is 1.00 bits per heavy atom. The first-order valence-corrected chi connectivity index (χ1v) is 8.56. The van der Waals surface area contributed by atoms with E-state index in [0.717, 1.165) is 17.2 Å². The third-order valence-electron chi connectivity index (χ3n) is 3.30. The number of anilines is 2.